The van der Waals surface area contributed by atoms with Gasteiger partial charge in [0.25, 0.3) is 11.8 Å². The van der Waals surface area contributed by atoms with E-state index in [1.807, 2.05) is 16.0 Å². The van der Waals surface area contributed by atoms with Crippen LogP contribution in [0.5, 0.6) is 0 Å². The van der Waals surface area contributed by atoms with Crippen molar-refractivity contribution in [3.05, 3.63) is 95.2 Å². The van der Waals surface area contributed by atoms with E-state index in [1.165, 1.54) is 11.3 Å². The monoisotopic (exact) mass is 459 g/mol. The van der Waals surface area contributed by atoms with Crippen LogP contribution >= 0.6 is 11.3 Å². The van der Waals surface area contributed by atoms with Crippen molar-refractivity contribution in [3.8, 4) is 0 Å². The summed E-state index contributed by atoms with van der Waals surface area (Å²) in [6.07, 6.45) is 5.39. The molecule has 4 rings (SSSR count). The normalized spacial score (nSPS) is 10.4. The van der Waals surface area contributed by atoms with Gasteiger partial charge in [0, 0.05) is 48.0 Å². The Balaban J connectivity index is 1.35. The molecular formula is C24H21N5O3S. The number of aromatic nitrogens is 2. The molecule has 0 aliphatic carbocycles. The van der Waals surface area contributed by atoms with Crippen molar-refractivity contribution >= 4 is 46.1 Å². The lowest BCUT2D eigenvalue weighted by Gasteiger charge is -2.10. The number of imidazole rings is 1. The Morgan fingerprint density at radius 3 is 2.27 bits per heavy atom. The Hall–Kier alpha value is -4.24. The zero-order chi connectivity index (χ0) is 23.0. The minimum Gasteiger partial charge on any atom is -0.337 e. The summed E-state index contributed by atoms with van der Waals surface area (Å²) in [7, 11) is 0. The number of anilines is 3. The van der Waals surface area contributed by atoms with Crippen molar-refractivity contribution in [2.45, 2.75) is 13.0 Å². The molecule has 9 heteroatoms. The van der Waals surface area contributed by atoms with E-state index < -0.39 is 0 Å². The second kappa shape index (κ2) is 10.4. The third-order valence-electron chi connectivity index (χ3n) is 4.69. The molecule has 166 valence electrons. The molecule has 3 amide bonds. The van der Waals surface area contributed by atoms with Gasteiger partial charge in [0.1, 0.15) is 0 Å². The maximum absolute atomic E-state index is 12.7. The van der Waals surface area contributed by atoms with Crippen molar-refractivity contribution in [2.24, 2.45) is 0 Å². The molecule has 0 bridgehead atoms. The summed E-state index contributed by atoms with van der Waals surface area (Å²) in [6.45, 7) is 0.519. The van der Waals surface area contributed by atoms with Gasteiger partial charge in [0.2, 0.25) is 5.91 Å². The topological polar surface area (TPSA) is 105 Å². The molecule has 33 heavy (non-hydrogen) atoms. The fourth-order valence-corrected chi connectivity index (χ4v) is 3.71. The first-order chi connectivity index (χ1) is 16.1. The number of nitrogens with zero attached hydrogens (tertiary/aromatic N) is 2. The molecule has 8 nitrogen and oxygen atoms in total. The Kier molecular flexibility index (Phi) is 6.91. The number of carbonyl (C=O) groups excluding carboxylic acids is 3. The fourth-order valence-electron chi connectivity index (χ4n) is 3.09. The van der Waals surface area contributed by atoms with E-state index in [-0.39, 0.29) is 24.1 Å². The highest BCUT2D eigenvalue weighted by Gasteiger charge is 2.11. The number of benzene rings is 2. The van der Waals surface area contributed by atoms with Crippen LogP contribution in [0.4, 0.5) is 17.1 Å². The first-order valence-corrected chi connectivity index (χ1v) is 11.1. The van der Waals surface area contributed by atoms with Gasteiger partial charge in [-0.3, -0.25) is 14.4 Å². The van der Waals surface area contributed by atoms with Gasteiger partial charge in [0.05, 0.1) is 11.2 Å². The summed E-state index contributed by atoms with van der Waals surface area (Å²) in [6, 6.07) is 17.2. The van der Waals surface area contributed by atoms with Crippen LogP contribution in [-0.4, -0.2) is 27.3 Å². The van der Waals surface area contributed by atoms with Gasteiger partial charge in [-0.25, -0.2) is 4.98 Å². The SMILES string of the molecule is O=C(CCn1ccnc1)Nc1cccc(C(=O)Nc2cccc(NC(=O)c3cccs3)c2)c1. The lowest BCUT2D eigenvalue weighted by Crippen LogP contribution is -2.16. The van der Waals surface area contributed by atoms with Crippen LogP contribution in [0.1, 0.15) is 26.5 Å². The smallest absolute Gasteiger partial charge is 0.265 e. The minimum absolute atomic E-state index is 0.157. The highest BCUT2D eigenvalue weighted by molar-refractivity contribution is 7.12. The van der Waals surface area contributed by atoms with Crippen LogP contribution in [-0.2, 0) is 11.3 Å². The number of hydrogen-bond donors (Lipinski definition) is 3. The first-order valence-electron chi connectivity index (χ1n) is 10.2. The van der Waals surface area contributed by atoms with Gasteiger partial charge in [-0.1, -0.05) is 18.2 Å². The Morgan fingerprint density at radius 1 is 0.848 bits per heavy atom. The summed E-state index contributed by atoms with van der Waals surface area (Å²) in [5, 5.41) is 10.3. The average Bonchev–Trinajstić information content (AvgIpc) is 3.53. The van der Waals surface area contributed by atoms with E-state index in [4.69, 9.17) is 0 Å². The van der Waals surface area contributed by atoms with Gasteiger partial charge in [0.15, 0.2) is 0 Å². The largest absolute Gasteiger partial charge is 0.337 e. The third kappa shape index (κ3) is 6.14. The van der Waals surface area contributed by atoms with Crippen molar-refractivity contribution in [1.82, 2.24) is 9.55 Å². The van der Waals surface area contributed by atoms with E-state index in [2.05, 4.69) is 20.9 Å². The van der Waals surface area contributed by atoms with E-state index >= 15 is 0 Å². The molecule has 2 aromatic carbocycles. The Morgan fingerprint density at radius 2 is 1.58 bits per heavy atom. The van der Waals surface area contributed by atoms with Crippen LogP contribution in [0.15, 0.2) is 84.8 Å². The molecule has 0 saturated carbocycles. The molecule has 0 spiro atoms. The van der Waals surface area contributed by atoms with Crippen molar-refractivity contribution in [1.29, 1.82) is 0 Å². The van der Waals surface area contributed by atoms with Gasteiger partial charge >= 0.3 is 0 Å². The molecule has 3 N–H and O–H groups in total. The molecule has 0 unspecified atom stereocenters. The average molecular weight is 460 g/mol. The van der Waals surface area contributed by atoms with Crippen molar-refractivity contribution < 1.29 is 14.4 Å². The van der Waals surface area contributed by atoms with Crippen LogP contribution in [0.3, 0.4) is 0 Å². The van der Waals surface area contributed by atoms with E-state index in [0.29, 0.717) is 34.0 Å². The van der Waals surface area contributed by atoms with Crippen LogP contribution < -0.4 is 16.0 Å². The fraction of sp³-hybridized carbons (Fsp3) is 0.0833. The van der Waals surface area contributed by atoms with Gasteiger partial charge < -0.3 is 20.5 Å². The molecule has 4 aromatic rings. The number of hydrogen-bond acceptors (Lipinski definition) is 5. The lowest BCUT2D eigenvalue weighted by molar-refractivity contribution is -0.116. The first kappa shape index (κ1) is 22.0. The van der Waals surface area contributed by atoms with Gasteiger partial charge in [-0.15, -0.1) is 11.3 Å². The van der Waals surface area contributed by atoms with Crippen LogP contribution in [0.2, 0.25) is 0 Å². The molecule has 0 fully saturated rings. The molecule has 0 aliphatic heterocycles. The Bertz CT molecular complexity index is 1250. The van der Waals surface area contributed by atoms with E-state index in [1.54, 1.807) is 73.3 Å². The molecule has 0 saturated heterocycles. The minimum atomic E-state index is -0.328. The number of amides is 3. The lowest BCUT2D eigenvalue weighted by atomic mass is 10.1. The second-order valence-electron chi connectivity index (χ2n) is 7.15. The molecule has 0 aliphatic rings. The van der Waals surface area contributed by atoms with Gasteiger partial charge in [-0.2, -0.15) is 0 Å². The predicted octanol–water partition coefficient (Wildman–Crippen LogP) is 4.48. The molecule has 0 atom stereocenters. The zero-order valence-electron chi connectivity index (χ0n) is 17.5. The second-order valence-corrected chi connectivity index (χ2v) is 8.09. The number of aryl methyl sites for hydroxylation is 1. The number of rotatable bonds is 8. The van der Waals surface area contributed by atoms with Gasteiger partial charge in [-0.05, 0) is 47.8 Å². The maximum atomic E-state index is 12.7. The maximum Gasteiger partial charge on any atom is 0.265 e. The highest BCUT2D eigenvalue weighted by atomic mass is 32.1. The molecular weight excluding hydrogens is 438 g/mol. The van der Waals surface area contributed by atoms with Crippen LogP contribution in [0.25, 0.3) is 0 Å². The highest BCUT2D eigenvalue weighted by Crippen LogP contribution is 2.19. The standard InChI is InChI=1S/C24H21N5O3S/c30-22(9-11-29-12-10-25-16-29)26-18-5-1-4-17(14-18)23(31)27-19-6-2-7-20(15-19)28-24(32)21-8-3-13-33-21/h1-8,10,12-16H,9,11H2,(H,26,30)(H,27,31)(H,28,32). The van der Waals surface area contributed by atoms with Crippen molar-refractivity contribution in [3.63, 3.8) is 0 Å². The quantitative estimate of drug-likeness (QED) is 0.361. The molecule has 0 radical (unpaired) electrons. The number of carbonyl (C=O) groups is 3. The summed E-state index contributed by atoms with van der Waals surface area (Å²) in [5.74, 6) is -0.688. The van der Waals surface area contributed by atoms with Crippen molar-refractivity contribution in [2.75, 3.05) is 16.0 Å². The zero-order valence-corrected chi connectivity index (χ0v) is 18.3. The summed E-state index contributed by atoms with van der Waals surface area (Å²) in [4.78, 5) is 41.7. The summed E-state index contributed by atoms with van der Waals surface area (Å²) < 4.78 is 1.82. The summed E-state index contributed by atoms with van der Waals surface area (Å²) in [5.41, 5.74) is 2.05. The Labute approximate surface area is 194 Å². The van der Waals surface area contributed by atoms with Crippen LogP contribution in [0, 0.1) is 0 Å². The predicted molar refractivity (Wildman–Crippen MR) is 129 cm³/mol. The summed E-state index contributed by atoms with van der Waals surface area (Å²) >= 11 is 1.35. The number of nitrogens with one attached hydrogen (secondary N) is 3. The number of thiophene rings is 1. The molecule has 2 aromatic heterocycles. The van der Waals surface area contributed by atoms with E-state index in [0.717, 1.165) is 0 Å². The van der Waals surface area contributed by atoms with E-state index in [9.17, 15) is 14.4 Å². The molecule has 2 heterocycles. The third-order valence-corrected chi connectivity index (χ3v) is 5.56.